The lowest BCUT2D eigenvalue weighted by molar-refractivity contribution is 0.0897. The highest BCUT2D eigenvalue weighted by atomic mass is 16.5. The van der Waals surface area contributed by atoms with Crippen LogP contribution in [0.25, 0.3) is 0 Å². The fourth-order valence-electron chi connectivity index (χ4n) is 3.04. The van der Waals surface area contributed by atoms with Crippen LogP contribution in [0.3, 0.4) is 0 Å². The Hall–Kier alpha value is -4.06. The van der Waals surface area contributed by atoms with Crippen molar-refractivity contribution >= 4 is 11.6 Å². The molecule has 3 aromatic carbocycles. The topological polar surface area (TPSA) is 71.1 Å². The smallest absolute Gasteiger partial charge is 0.233 e. The Balaban J connectivity index is 1.76. The minimum Gasteiger partial charge on any atom is -0.497 e. The molecule has 0 saturated carbocycles. The highest BCUT2D eigenvalue weighted by molar-refractivity contribution is 6.25. The molecule has 0 aliphatic heterocycles. The highest BCUT2D eigenvalue weighted by Crippen LogP contribution is 2.31. The number of rotatable bonds is 6. The van der Waals surface area contributed by atoms with Crippen molar-refractivity contribution in [2.24, 2.45) is 0 Å². The monoisotopic (exact) mass is 402 g/mol. The zero-order valence-corrected chi connectivity index (χ0v) is 16.4. The second-order valence-electron chi connectivity index (χ2n) is 6.42. The second kappa shape index (κ2) is 8.13. The van der Waals surface area contributed by atoms with Crippen molar-refractivity contribution in [1.82, 2.24) is 0 Å². The highest BCUT2D eigenvalue weighted by Gasteiger charge is 2.36. The minimum atomic E-state index is -0.426. The van der Waals surface area contributed by atoms with E-state index in [1.54, 1.807) is 87.0 Å². The Morgan fingerprint density at radius 3 is 1.17 bits per heavy atom. The number of methoxy groups -OCH3 is 2. The van der Waals surface area contributed by atoms with Gasteiger partial charge in [-0.15, -0.1) is 0 Å². The van der Waals surface area contributed by atoms with Crippen molar-refractivity contribution < 1.29 is 28.5 Å². The summed E-state index contributed by atoms with van der Waals surface area (Å²) in [5, 5.41) is 0. The van der Waals surface area contributed by atoms with E-state index >= 15 is 0 Å². The number of hydrogen-bond donors (Lipinski definition) is 0. The summed E-state index contributed by atoms with van der Waals surface area (Å²) < 4.78 is 21.9. The van der Waals surface area contributed by atoms with Crippen molar-refractivity contribution in [2.75, 3.05) is 14.2 Å². The first-order valence-corrected chi connectivity index (χ1v) is 9.17. The van der Waals surface area contributed by atoms with Gasteiger partial charge in [-0.3, -0.25) is 9.59 Å². The number of fused-ring (bicyclic) bond motifs is 1. The zero-order chi connectivity index (χ0) is 21.1. The van der Waals surface area contributed by atoms with Gasteiger partial charge in [-0.1, -0.05) is 24.3 Å². The van der Waals surface area contributed by atoms with Gasteiger partial charge in [0.1, 0.15) is 23.0 Å². The SMILES string of the molecule is COc1ccc(OC2=C(Oc3ccc(OC)cc3)C(=O)c3ccccc3C2=O)cc1. The van der Waals surface area contributed by atoms with Gasteiger partial charge in [-0.05, 0) is 48.5 Å². The van der Waals surface area contributed by atoms with Crippen LogP contribution in [0.15, 0.2) is 84.3 Å². The lowest BCUT2D eigenvalue weighted by Gasteiger charge is -2.21. The summed E-state index contributed by atoms with van der Waals surface area (Å²) in [6.07, 6.45) is 0. The minimum absolute atomic E-state index is 0.167. The first-order valence-electron chi connectivity index (χ1n) is 9.17. The quantitative estimate of drug-likeness (QED) is 0.607. The van der Waals surface area contributed by atoms with Gasteiger partial charge in [0.25, 0.3) is 0 Å². The maximum absolute atomic E-state index is 13.1. The summed E-state index contributed by atoms with van der Waals surface area (Å²) in [6, 6.07) is 20.0. The van der Waals surface area contributed by atoms with E-state index in [4.69, 9.17) is 18.9 Å². The van der Waals surface area contributed by atoms with Crippen molar-refractivity contribution in [1.29, 1.82) is 0 Å². The van der Waals surface area contributed by atoms with Crippen LogP contribution >= 0.6 is 0 Å². The molecule has 1 aliphatic carbocycles. The molecule has 0 radical (unpaired) electrons. The Kier molecular flexibility index (Phi) is 5.22. The molecular formula is C24H18O6. The van der Waals surface area contributed by atoms with Crippen LogP contribution in [0.2, 0.25) is 0 Å². The van der Waals surface area contributed by atoms with E-state index in [-0.39, 0.29) is 22.6 Å². The van der Waals surface area contributed by atoms with E-state index in [0.717, 1.165) is 0 Å². The molecule has 0 bridgehead atoms. The molecule has 6 nitrogen and oxygen atoms in total. The molecule has 30 heavy (non-hydrogen) atoms. The van der Waals surface area contributed by atoms with E-state index in [2.05, 4.69) is 0 Å². The standard InChI is InChI=1S/C24H18O6/c1-27-15-7-11-17(12-8-15)29-23-21(25)19-5-3-4-6-20(19)22(26)24(23)30-18-13-9-16(28-2)10-14-18/h3-14H,1-2H3. The van der Waals surface area contributed by atoms with Gasteiger partial charge in [0.2, 0.25) is 23.1 Å². The lowest BCUT2D eigenvalue weighted by Crippen LogP contribution is -2.27. The average Bonchev–Trinajstić information content (AvgIpc) is 2.80. The van der Waals surface area contributed by atoms with E-state index in [0.29, 0.717) is 23.0 Å². The molecule has 0 N–H and O–H groups in total. The number of allylic oxidation sites excluding steroid dienone is 2. The number of ketones is 2. The number of ether oxygens (including phenoxy) is 4. The maximum atomic E-state index is 13.1. The van der Waals surface area contributed by atoms with Gasteiger partial charge >= 0.3 is 0 Å². The third-order valence-corrected chi connectivity index (χ3v) is 4.59. The molecule has 0 saturated heterocycles. The number of benzene rings is 3. The fraction of sp³-hybridized carbons (Fsp3) is 0.0833. The first-order chi connectivity index (χ1) is 14.6. The van der Waals surface area contributed by atoms with Crippen LogP contribution in [-0.4, -0.2) is 25.8 Å². The summed E-state index contributed by atoms with van der Waals surface area (Å²) >= 11 is 0. The number of hydrogen-bond acceptors (Lipinski definition) is 6. The molecule has 0 heterocycles. The summed E-state index contributed by atoms with van der Waals surface area (Å²) in [5.74, 6) is 0.850. The van der Waals surface area contributed by atoms with Crippen molar-refractivity contribution in [2.45, 2.75) is 0 Å². The number of carbonyl (C=O) groups excluding carboxylic acids is 2. The largest absolute Gasteiger partial charge is 0.497 e. The summed E-state index contributed by atoms with van der Waals surface area (Å²) in [6.45, 7) is 0. The fourth-order valence-corrected chi connectivity index (χ4v) is 3.04. The summed E-state index contributed by atoms with van der Waals surface area (Å²) in [5.41, 5.74) is 0.543. The molecule has 3 aromatic rings. The Morgan fingerprint density at radius 1 is 0.500 bits per heavy atom. The average molecular weight is 402 g/mol. The molecule has 0 unspecified atom stereocenters. The molecule has 0 atom stereocenters. The van der Waals surface area contributed by atoms with E-state index in [9.17, 15) is 9.59 Å². The Morgan fingerprint density at radius 2 is 0.833 bits per heavy atom. The van der Waals surface area contributed by atoms with Gasteiger partial charge in [0.05, 0.1) is 14.2 Å². The zero-order valence-electron chi connectivity index (χ0n) is 16.4. The van der Waals surface area contributed by atoms with Crippen molar-refractivity contribution in [3.05, 3.63) is 95.4 Å². The van der Waals surface area contributed by atoms with Crippen LogP contribution in [0, 0.1) is 0 Å². The van der Waals surface area contributed by atoms with Crippen LogP contribution < -0.4 is 18.9 Å². The Labute approximate surface area is 173 Å². The normalized spacial score (nSPS) is 13.0. The van der Waals surface area contributed by atoms with Crippen LogP contribution in [0.1, 0.15) is 20.7 Å². The van der Waals surface area contributed by atoms with Crippen molar-refractivity contribution in [3.8, 4) is 23.0 Å². The molecular weight excluding hydrogens is 384 g/mol. The molecule has 1 aliphatic rings. The maximum Gasteiger partial charge on any atom is 0.233 e. The Bertz CT molecular complexity index is 1040. The third-order valence-electron chi connectivity index (χ3n) is 4.59. The molecule has 6 heteroatoms. The summed E-state index contributed by atoms with van der Waals surface area (Å²) in [7, 11) is 3.11. The number of Topliss-reactive ketones (excluding diaryl/α,β-unsaturated/α-hetero) is 2. The van der Waals surface area contributed by atoms with E-state index < -0.39 is 11.6 Å². The van der Waals surface area contributed by atoms with Gasteiger partial charge < -0.3 is 18.9 Å². The predicted octanol–water partition coefficient (Wildman–Crippen LogP) is 4.45. The molecule has 0 aromatic heterocycles. The van der Waals surface area contributed by atoms with Crippen LogP contribution in [-0.2, 0) is 0 Å². The predicted molar refractivity (Wildman–Crippen MR) is 109 cm³/mol. The van der Waals surface area contributed by atoms with Crippen molar-refractivity contribution in [3.63, 3.8) is 0 Å². The van der Waals surface area contributed by atoms with E-state index in [1.807, 2.05) is 0 Å². The second-order valence-corrected chi connectivity index (χ2v) is 6.42. The van der Waals surface area contributed by atoms with Gasteiger partial charge in [0, 0.05) is 11.1 Å². The summed E-state index contributed by atoms with van der Waals surface area (Å²) in [4.78, 5) is 26.3. The molecule has 0 fully saturated rings. The third kappa shape index (κ3) is 3.63. The molecule has 0 amide bonds. The van der Waals surface area contributed by atoms with Gasteiger partial charge in [-0.25, -0.2) is 0 Å². The van der Waals surface area contributed by atoms with Gasteiger partial charge in [-0.2, -0.15) is 0 Å². The number of carbonyl (C=O) groups is 2. The van der Waals surface area contributed by atoms with Crippen LogP contribution in [0.5, 0.6) is 23.0 Å². The first kappa shape index (κ1) is 19.3. The van der Waals surface area contributed by atoms with Crippen LogP contribution in [0.4, 0.5) is 0 Å². The van der Waals surface area contributed by atoms with Gasteiger partial charge in [0.15, 0.2) is 0 Å². The lowest BCUT2D eigenvalue weighted by atomic mass is 9.92. The molecule has 4 rings (SSSR count). The molecule has 0 spiro atoms. The van der Waals surface area contributed by atoms with E-state index in [1.165, 1.54) is 0 Å². The molecule has 150 valence electrons.